The lowest BCUT2D eigenvalue weighted by atomic mass is 10.1. The van der Waals surface area contributed by atoms with Crippen molar-refractivity contribution < 1.29 is 14.3 Å². The van der Waals surface area contributed by atoms with Crippen molar-refractivity contribution in [2.75, 3.05) is 19.7 Å². The molecule has 5 heteroatoms. The average Bonchev–Trinajstić information content (AvgIpc) is 2.43. The van der Waals surface area contributed by atoms with Crippen molar-refractivity contribution >= 4 is 11.9 Å². The normalized spacial score (nSPS) is 10.1. The molecule has 110 valence electrons. The zero-order chi connectivity index (χ0) is 14.8. The van der Waals surface area contributed by atoms with Gasteiger partial charge in [-0.3, -0.25) is 9.59 Å². The fourth-order valence-electron chi connectivity index (χ4n) is 1.59. The Kier molecular flexibility index (Phi) is 7.35. The second-order valence-corrected chi connectivity index (χ2v) is 4.49. The summed E-state index contributed by atoms with van der Waals surface area (Å²) < 4.78 is 4.78. The van der Waals surface area contributed by atoms with Crippen molar-refractivity contribution in [3.63, 3.8) is 0 Å². The molecule has 0 radical (unpaired) electrons. The molecule has 0 aliphatic heterocycles. The van der Waals surface area contributed by atoms with E-state index in [1.807, 2.05) is 31.2 Å². The van der Waals surface area contributed by atoms with E-state index >= 15 is 0 Å². The van der Waals surface area contributed by atoms with Crippen molar-refractivity contribution in [3.05, 3.63) is 35.4 Å². The van der Waals surface area contributed by atoms with Crippen LogP contribution in [0.1, 0.15) is 24.5 Å². The molecule has 0 aliphatic rings. The third-order valence-electron chi connectivity index (χ3n) is 2.71. The van der Waals surface area contributed by atoms with Crippen LogP contribution in [0.3, 0.4) is 0 Å². The van der Waals surface area contributed by atoms with E-state index < -0.39 is 0 Å². The Labute approximate surface area is 119 Å². The molecule has 0 atom stereocenters. The first-order valence-electron chi connectivity index (χ1n) is 6.80. The molecule has 1 amide bonds. The van der Waals surface area contributed by atoms with Gasteiger partial charge in [-0.1, -0.05) is 29.8 Å². The van der Waals surface area contributed by atoms with Crippen LogP contribution in [0.15, 0.2) is 24.3 Å². The summed E-state index contributed by atoms with van der Waals surface area (Å²) in [7, 11) is 0. The van der Waals surface area contributed by atoms with Crippen LogP contribution in [0.5, 0.6) is 0 Å². The average molecular weight is 278 g/mol. The minimum atomic E-state index is -0.250. The summed E-state index contributed by atoms with van der Waals surface area (Å²) in [5.41, 5.74) is 2.26. The second-order valence-electron chi connectivity index (χ2n) is 4.49. The molecular formula is C15H22N2O3. The number of esters is 1. The monoisotopic (exact) mass is 278 g/mol. The largest absolute Gasteiger partial charge is 0.466 e. The van der Waals surface area contributed by atoms with Gasteiger partial charge in [-0.05, 0) is 19.4 Å². The maximum atomic E-state index is 11.6. The maximum absolute atomic E-state index is 11.6. The van der Waals surface area contributed by atoms with E-state index in [0.717, 1.165) is 5.56 Å². The number of amides is 1. The van der Waals surface area contributed by atoms with E-state index in [1.165, 1.54) is 5.56 Å². The van der Waals surface area contributed by atoms with Crippen LogP contribution < -0.4 is 10.6 Å². The molecule has 0 bridgehead atoms. The number of aryl methyl sites for hydroxylation is 1. The molecule has 0 aromatic heterocycles. The Morgan fingerprint density at radius 3 is 2.55 bits per heavy atom. The van der Waals surface area contributed by atoms with Crippen molar-refractivity contribution in [3.8, 4) is 0 Å². The number of nitrogens with one attached hydrogen (secondary N) is 2. The number of rotatable bonds is 8. The molecule has 0 unspecified atom stereocenters. The fraction of sp³-hybridized carbons (Fsp3) is 0.467. The summed E-state index contributed by atoms with van der Waals surface area (Å²) in [6.45, 7) is 5.33. The first-order chi connectivity index (χ1) is 9.61. The van der Waals surface area contributed by atoms with E-state index in [4.69, 9.17) is 4.74 Å². The molecule has 20 heavy (non-hydrogen) atoms. The highest BCUT2D eigenvalue weighted by atomic mass is 16.5. The number of benzene rings is 1. The Balaban J connectivity index is 2.11. The summed E-state index contributed by atoms with van der Waals surface area (Å²) >= 11 is 0. The summed E-state index contributed by atoms with van der Waals surface area (Å²) in [5, 5.41) is 5.72. The van der Waals surface area contributed by atoms with Crippen LogP contribution in [0.4, 0.5) is 0 Å². The molecule has 0 spiro atoms. The van der Waals surface area contributed by atoms with E-state index in [-0.39, 0.29) is 24.8 Å². The molecule has 1 rings (SSSR count). The third-order valence-corrected chi connectivity index (χ3v) is 2.71. The van der Waals surface area contributed by atoms with Crippen molar-refractivity contribution in [2.24, 2.45) is 0 Å². The van der Waals surface area contributed by atoms with Crippen LogP contribution in [-0.4, -0.2) is 31.6 Å². The molecule has 1 aromatic carbocycles. The van der Waals surface area contributed by atoms with Gasteiger partial charge in [0.05, 0.1) is 19.6 Å². The highest BCUT2D eigenvalue weighted by Crippen LogP contribution is 2.02. The zero-order valence-electron chi connectivity index (χ0n) is 12.1. The van der Waals surface area contributed by atoms with Crippen LogP contribution in [0, 0.1) is 6.92 Å². The molecule has 2 N–H and O–H groups in total. The predicted molar refractivity (Wildman–Crippen MR) is 77.1 cm³/mol. The third kappa shape index (κ3) is 6.89. The van der Waals surface area contributed by atoms with Gasteiger partial charge >= 0.3 is 5.97 Å². The molecule has 0 fully saturated rings. The lowest BCUT2D eigenvalue weighted by Crippen LogP contribution is -2.34. The first-order valence-corrected chi connectivity index (χ1v) is 6.80. The van der Waals surface area contributed by atoms with Gasteiger partial charge < -0.3 is 15.4 Å². The Hall–Kier alpha value is -1.88. The molecule has 0 saturated carbocycles. The van der Waals surface area contributed by atoms with Gasteiger partial charge in [0.1, 0.15) is 0 Å². The van der Waals surface area contributed by atoms with Crippen LogP contribution >= 0.6 is 0 Å². The molecule has 0 aliphatic carbocycles. The molecule has 0 heterocycles. The SMILES string of the molecule is CCOC(=O)CCNCC(=O)NCc1ccc(C)cc1. The highest BCUT2D eigenvalue weighted by molar-refractivity contribution is 5.78. The smallest absolute Gasteiger partial charge is 0.307 e. The van der Waals surface area contributed by atoms with Crippen molar-refractivity contribution in [1.82, 2.24) is 10.6 Å². The van der Waals surface area contributed by atoms with Gasteiger partial charge in [-0.25, -0.2) is 0 Å². The van der Waals surface area contributed by atoms with E-state index in [9.17, 15) is 9.59 Å². The van der Waals surface area contributed by atoms with E-state index in [2.05, 4.69) is 10.6 Å². The second kappa shape index (κ2) is 9.09. The number of carbonyl (C=O) groups excluding carboxylic acids is 2. The number of hydrogen-bond acceptors (Lipinski definition) is 4. The predicted octanol–water partition coefficient (Wildman–Crippen LogP) is 1.15. The molecule has 5 nitrogen and oxygen atoms in total. The zero-order valence-corrected chi connectivity index (χ0v) is 12.1. The Bertz CT molecular complexity index is 429. The maximum Gasteiger partial charge on any atom is 0.307 e. The van der Waals surface area contributed by atoms with Gasteiger partial charge in [-0.15, -0.1) is 0 Å². The lowest BCUT2D eigenvalue weighted by molar-refractivity contribution is -0.143. The lowest BCUT2D eigenvalue weighted by Gasteiger charge is -2.07. The van der Waals surface area contributed by atoms with Gasteiger partial charge in [-0.2, -0.15) is 0 Å². The Morgan fingerprint density at radius 1 is 1.20 bits per heavy atom. The number of carbonyl (C=O) groups is 2. The summed E-state index contributed by atoms with van der Waals surface area (Å²) in [6.07, 6.45) is 0.277. The summed E-state index contributed by atoms with van der Waals surface area (Å²) in [4.78, 5) is 22.6. The summed E-state index contributed by atoms with van der Waals surface area (Å²) in [5.74, 6) is -0.338. The number of ether oxygens (including phenoxy) is 1. The van der Waals surface area contributed by atoms with Gasteiger partial charge in [0, 0.05) is 13.1 Å². The van der Waals surface area contributed by atoms with E-state index in [0.29, 0.717) is 19.7 Å². The molecule has 1 aromatic rings. The van der Waals surface area contributed by atoms with Gasteiger partial charge in [0.2, 0.25) is 5.91 Å². The first kappa shape index (κ1) is 16.2. The standard InChI is InChI=1S/C15H22N2O3/c1-3-20-15(19)8-9-16-11-14(18)17-10-13-6-4-12(2)5-7-13/h4-7,16H,3,8-11H2,1-2H3,(H,17,18). The van der Waals surface area contributed by atoms with Crippen LogP contribution in [0.25, 0.3) is 0 Å². The van der Waals surface area contributed by atoms with Crippen molar-refractivity contribution in [1.29, 1.82) is 0 Å². The minimum Gasteiger partial charge on any atom is -0.466 e. The highest BCUT2D eigenvalue weighted by Gasteiger charge is 2.03. The topological polar surface area (TPSA) is 67.4 Å². The van der Waals surface area contributed by atoms with Crippen LogP contribution in [0.2, 0.25) is 0 Å². The van der Waals surface area contributed by atoms with Gasteiger partial charge in [0.25, 0.3) is 0 Å². The van der Waals surface area contributed by atoms with Crippen LogP contribution in [-0.2, 0) is 20.9 Å². The quantitative estimate of drug-likeness (QED) is 0.553. The summed E-state index contributed by atoms with van der Waals surface area (Å²) in [6, 6.07) is 8.01. The fourth-order valence-corrected chi connectivity index (χ4v) is 1.59. The Morgan fingerprint density at radius 2 is 1.90 bits per heavy atom. The molecule has 0 saturated heterocycles. The molecular weight excluding hydrogens is 256 g/mol. The minimum absolute atomic E-state index is 0.0885. The van der Waals surface area contributed by atoms with Crippen molar-refractivity contribution in [2.45, 2.75) is 26.8 Å². The number of hydrogen-bond donors (Lipinski definition) is 2. The van der Waals surface area contributed by atoms with Gasteiger partial charge in [0.15, 0.2) is 0 Å². The van der Waals surface area contributed by atoms with E-state index in [1.54, 1.807) is 6.92 Å².